The van der Waals surface area contributed by atoms with Crippen LogP contribution < -0.4 is 5.32 Å². The second-order valence-electron chi connectivity index (χ2n) is 5.42. The highest BCUT2D eigenvalue weighted by Crippen LogP contribution is 2.26. The van der Waals surface area contributed by atoms with Crippen molar-refractivity contribution < 1.29 is 14.3 Å². The Labute approximate surface area is 111 Å². The van der Waals surface area contributed by atoms with E-state index in [0.29, 0.717) is 0 Å². The van der Waals surface area contributed by atoms with Crippen molar-refractivity contribution in [2.24, 2.45) is 0 Å². The fourth-order valence-corrected chi connectivity index (χ4v) is 2.53. The van der Waals surface area contributed by atoms with Gasteiger partial charge in [0.15, 0.2) is 0 Å². The molecule has 0 radical (unpaired) electrons. The topological polar surface area (TPSA) is 55.4 Å². The Kier molecular flexibility index (Phi) is 4.16. The summed E-state index contributed by atoms with van der Waals surface area (Å²) in [7, 11) is 0. The molecule has 4 nitrogen and oxygen atoms in total. The minimum atomic E-state index is -1.05. The van der Waals surface area contributed by atoms with Gasteiger partial charge in [0.25, 0.3) is 0 Å². The molecule has 0 aliphatic heterocycles. The van der Waals surface area contributed by atoms with E-state index in [2.05, 4.69) is 5.32 Å². The second kappa shape index (κ2) is 5.10. The number of carbonyl (C=O) groups excluding carboxylic acids is 2. The highest BCUT2D eigenvalue weighted by atomic mass is 32.1. The molecule has 1 rings (SSSR count). The Balaban J connectivity index is 2.88. The number of nitrogens with one attached hydrogen (secondary N) is 1. The molecule has 1 aromatic rings. The van der Waals surface area contributed by atoms with Crippen molar-refractivity contribution in [1.29, 1.82) is 0 Å². The molecule has 1 N–H and O–H groups in total. The summed E-state index contributed by atoms with van der Waals surface area (Å²) in [6.45, 7) is 8.91. The van der Waals surface area contributed by atoms with Gasteiger partial charge in [0.2, 0.25) is 0 Å². The third-order valence-electron chi connectivity index (χ3n) is 2.41. The van der Waals surface area contributed by atoms with Gasteiger partial charge in [0.1, 0.15) is 17.4 Å². The lowest BCUT2D eigenvalue weighted by atomic mass is 9.93. The van der Waals surface area contributed by atoms with Crippen LogP contribution in [0.5, 0.6) is 0 Å². The lowest BCUT2D eigenvalue weighted by Gasteiger charge is -2.27. The zero-order valence-corrected chi connectivity index (χ0v) is 12.2. The van der Waals surface area contributed by atoms with Gasteiger partial charge >= 0.3 is 6.09 Å². The van der Waals surface area contributed by atoms with Crippen LogP contribution in [-0.2, 0) is 15.1 Å². The first-order valence-electron chi connectivity index (χ1n) is 5.69. The van der Waals surface area contributed by atoms with Crippen molar-refractivity contribution in [3.63, 3.8) is 0 Å². The Hall–Kier alpha value is -1.36. The lowest BCUT2D eigenvalue weighted by Crippen LogP contribution is -2.47. The highest BCUT2D eigenvalue weighted by molar-refractivity contribution is 7.08. The van der Waals surface area contributed by atoms with Crippen molar-refractivity contribution in [2.45, 2.75) is 45.8 Å². The lowest BCUT2D eigenvalue weighted by molar-refractivity contribution is -0.113. The number of aldehydes is 1. The Morgan fingerprint density at radius 1 is 1.33 bits per heavy atom. The molecular formula is C13H19NO3S. The average molecular weight is 269 g/mol. The van der Waals surface area contributed by atoms with E-state index in [-0.39, 0.29) is 0 Å². The number of hydrogen-bond donors (Lipinski definition) is 1. The van der Waals surface area contributed by atoms with E-state index < -0.39 is 17.2 Å². The minimum Gasteiger partial charge on any atom is -0.444 e. The summed E-state index contributed by atoms with van der Waals surface area (Å²) in [6.07, 6.45) is 0.133. The van der Waals surface area contributed by atoms with E-state index in [4.69, 9.17) is 4.74 Å². The van der Waals surface area contributed by atoms with E-state index in [1.54, 1.807) is 27.7 Å². The van der Waals surface area contributed by atoms with Crippen LogP contribution in [0.15, 0.2) is 10.8 Å². The molecule has 0 bridgehead atoms. The fourth-order valence-electron chi connectivity index (χ4n) is 1.57. The van der Waals surface area contributed by atoms with Crippen molar-refractivity contribution >= 4 is 23.7 Å². The molecule has 5 heteroatoms. The van der Waals surface area contributed by atoms with E-state index in [9.17, 15) is 9.59 Å². The third kappa shape index (κ3) is 3.57. The second-order valence-corrected chi connectivity index (χ2v) is 6.16. The maximum Gasteiger partial charge on any atom is 0.408 e. The quantitative estimate of drug-likeness (QED) is 0.858. The van der Waals surface area contributed by atoms with Gasteiger partial charge in [-0.1, -0.05) is 0 Å². The average Bonchev–Trinajstić information content (AvgIpc) is 2.61. The third-order valence-corrected chi connectivity index (χ3v) is 3.27. The molecule has 18 heavy (non-hydrogen) atoms. The molecule has 1 heterocycles. The SMILES string of the molecule is Cc1cscc1C(C)(C=O)NC(=O)OC(C)(C)C. The Morgan fingerprint density at radius 2 is 1.94 bits per heavy atom. The zero-order valence-electron chi connectivity index (χ0n) is 11.4. The van der Waals surface area contributed by atoms with E-state index in [0.717, 1.165) is 17.4 Å². The van der Waals surface area contributed by atoms with Gasteiger partial charge in [-0.25, -0.2) is 4.79 Å². The van der Waals surface area contributed by atoms with Crippen LogP contribution in [-0.4, -0.2) is 18.0 Å². The zero-order chi connectivity index (χ0) is 14.0. The minimum absolute atomic E-state index is 0.586. The van der Waals surface area contributed by atoms with Crippen LogP contribution in [0.2, 0.25) is 0 Å². The summed E-state index contributed by atoms with van der Waals surface area (Å²) in [6, 6.07) is 0. The molecule has 0 aliphatic rings. The molecule has 1 aromatic heterocycles. The molecule has 1 atom stereocenters. The molecule has 0 aromatic carbocycles. The van der Waals surface area contributed by atoms with Crippen LogP contribution in [0.4, 0.5) is 4.79 Å². The van der Waals surface area contributed by atoms with Crippen LogP contribution >= 0.6 is 11.3 Å². The first-order chi connectivity index (χ1) is 8.18. The maximum absolute atomic E-state index is 11.8. The predicted octanol–water partition coefficient (Wildman–Crippen LogP) is 3.00. The van der Waals surface area contributed by atoms with Crippen molar-refractivity contribution in [1.82, 2.24) is 5.32 Å². The maximum atomic E-state index is 11.8. The highest BCUT2D eigenvalue weighted by Gasteiger charge is 2.32. The van der Waals surface area contributed by atoms with E-state index >= 15 is 0 Å². The Morgan fingerprint density at radius 3 is 2.33 bits per heavy atom. The summed E-state index contributed by atoms with van der Waals surface area (Å²) in [5.41, 5.74) is 0.142. The van der Waals surface area contributed by atoms with Crippen LogP contribution in [0, 0.1) is 6.92 Å². The Bertz CT molecular complexity index is 447. The summed E-state index contributed by atoms with van der Waals surface area (Å²) >= 11 is 1.50. The van der Waals surface area contributed by atoms with Gasteiger partial charge < -0.3 is 14.8 Å². The van der Waals surface area contributed by atoms with Crippen molar-refractivity contribution in [2.75, 3.05) is 0 Å². The van der Waals surface area contributed by atoms with Gasteiger partial charge in [-0.15, -0.1) is 0 Å². The normalized spacial score (nSPS) is 14.7. The molecule has 0 fully saturated rings. The van der Waals surface area contributed by atoms with Gasteiger partial charge in [-0.2, -0.15) is 11.3 Å². The number of aryl methyl sites for hydroxylation is 1. The number of ether oxygens (including phenoxy) is 1. The van der Waals surface area contributed by atoms with Crippen molar-refractivity contribution in [3.8, 4) is 0 Å². The molecule has 1 unspecified atom stereocenters. The van der Waals surface area contributed by atoms with Gasteiger partial charge in [0, 0.05) is 0 Å². The molecule has 0 saturated carbocycles. The van der Waals surface area contributed by atoms with Crippen LogP contribution in [0.25, 0.3) is 0 Å². The summed E-state index contributed by atoms with van der Waals surface area (Å²) in [5.74, 6) is 0. The first-order valence-corrected chi connectivity index (χ1v) is 6.63. The summed E-state index contributed by atoms with van der Waals surface area (Å²) < 4.78 is 5.17. The van der Waals surface area contributed by atoms with E-state index in [1.807, 2.05) is 17.7 Å². The summed E-state index contributed by atoms with van der Waals surface area (Å²) in [4.78, 5) is 23.1. The molecule has 0 aliphatic carbocycles. The number of hydrogen-bond acceptors (Lipinski definition) is 4. The van der Waals surface area contributed by atoms with Crippen LogP contribution in [0.1, 0.15) is 38.8 Å². The number of alkyl carbamates (subject to hydrolysis) is 1. The fraction of sp³-hybridized carbons (Fsp3) is 0.538. The smallest absolute Gasteiger partial charge is 0.408 e. The van der Waals surface area contributed by atoms with Crippen molar-refractivity contribution in [3.05, 3.63) is 21.9 Å². The molecule has 1 amide bonds. The number of thiophene rings is 1. The molecule has 0 saturated heterocycles. The number of carbonyl (C=O) groups is 2. The number of amides is 1. The van der Waals surface area contributed by atoms with Gasteiger partial charge in [-0.3, -0.25) is 0 Å². The first kappa shape index (κ1) is 14.7. The largest absolute Gasteiger partial charge is 0.444 e. The molecular weight excluding hydrogens is 250 g/mol. The summed E-state index contributed by atoms with van der Waals surface area (Å²) in [5, 5.41) is 6.42. The molecule has 100 valence electrons. The standard InChI is InChI=1S/C13H19NO3S/c1-9-6-18-7-10(9)13(5,8-15)14-11(16)17-12(2,3)4/h6-8H,1-5H3,(H,14,16). The predicted molar refractivity (Wildman–Crippen MR) is 71.8 cm³/mol. The van der Waals surface area contributed by atoms with Gasteiger partial charge in [-0.05, 0) is 56.5 Å². The van der Waals surface area contributed by atoms with Crippen LogP contribution in [0.3, 0.4) is 0 Å². The number of rotatable bonds is 3. The monoisotopic (exact) mass is 269 g/mol. The molecule has 0 spiro atoms. The van der Waals surface area contributed by atoms with Gasteiger partial charge in [0.05, 0.1) is 0 Å². The van der Waals surface area contributed by atoms with E-state index in [1.165, 1.54) is 11.3 Å².